The molecule has 90 valence electrons. The van der Waals surface area contributed by atoms with E-state index < -0.39 is 0 Å². The number of hydrogen-bond acceptors (Lipinski definition) is 2. The maximum atomic E-state index is 12.9. The van der Waals surface area contributed by atoms with Crippen LogP contribution in [0.5, 0.6) is 0 Å². The second-order valence-corrected chi connectivity index (χ2v) is 5.47. The largest absolute Gasteiger partial charge is 0.248 e. The molecule has 0 radical (unpaired) electrons. The Kier molecular flexibility index (Phi) is 3.79. The predicted molar refractivity (Wildman–Crippen MR) is 67.9 cm³/mol. The molecule has 0 fully saturated rings. The molecular weight excluding hydrogens is 308 g/mol. The van der Waals surface area contributed by atoms with Crippen LogP contribution >= 0.6 is 27.5 Å². The Morgan fingerprint density at radius 2 is 2.29 bits per heavy atom. The van der Waals surface area contributed by atoms with Gasteiger partial charge in [-0.25, -0.2) is 9.07 Å². The number of benzene rings is 1. The molecule has 0 aliphatic heterocycles. The van der Waals surface area contributed by atoms with Crippen molar-refractivity contribution in [3.63, 3.8) is 0 Å². The van der Waals surface area contributed by atoms with Gasteiger partial charge >= 0.3 is 0 Å². The molecule has 0 amide bonds. The van der Waals surface area contributed by atoms with E-state index in [9.17, 15) is 4.39 Å². The number of aromatic nitrogens is 3. The van der Waals surface area contributed by atoms with Crippen LogP contribution in [0.15, 0.2) is 24.4 Å². The maximum Gasteiger partial charge on any atom is 0.124 e. The lowest BCUT2D eigenvalue weighted by Gasteiger charge is -2.03. The summed E-state index contributed by atoms with van der Waals surface area (Å²) in [6.07, 6.45) is 1.83. The maximum absolute atomic E-state index is 12.9. The Hall–Kier alpha value is -0.940. The van der Waals surface area contributed by atoms with Gasteiger partial charge < -0.3 is 0 Å². The minimum Gasteiger partial charge on any atom is -0.248 e. The summed E-state index contributed by atoms with van der Waals surface area (Å²) in [6, 6.07) is 4.32. The van der Waals surface area contributed by atoms with E-state index in [-0.39, 0.29) is 10.6 Å². The normalized spacial score (nSPS) is 12.7. The van der Waals surface area contributed by atoms with Gasteiger partial charge in [0.1, 0.15) is 5.82 Å². The van der Waals surface area contributed by atoms with E-state index in [0.717, 1.165) is 11.3 Å². The predicted octanol–water partition coefficient (Wildman–Crippen LogP) is 3.57. The first kappa shape index (κ1) is 12.5. The van der Waals surface area contributed by atoms with Gasteiger partial charge in [-0.05, 0) is 24.6 Å². The van der Waals surface area contributed by atoms with E-state index in [4.69, 9.17) is 11.6 Å². The van der Waals surface area contributed by atoms with Crippen molar-refractivity contribution >= 4 is 27.5 Å². The zero-order chi connectivity index (χ0) is 12.4. The molecule has 1 aromatic heterocycles. The van der Waals surface area contributed by atoms with Gasteiger partial charge in [-0.3, -0.25) is 0 Å². The Morgan fingerprint density at radius 1 is 1.53 bits per heavy atom. The highest BCUT2D eigenvalue weighted by molar-refractivity contribution is 9.09. The molecule has 3 nitrogen and oxygen atoms in total. The highest BCUT2D eigenvalue weighted by Crippen LogP contribution is 2.20. The SMILES string of the molecule is CC(Br)c1cn(Cc2ccc(F)cc2Cl)nn1. The van der Waals surface area contributed by atoms with E-state index in [2.05, 4.69) is 26.2 Å². The number of hydrogen-bond donors (Lipinski definition) is 0. The first-order valence-corrected chi connectivity index (χ1v) is 6.33. The van der Waals surface area contributed by atoms with Crippen LogP contribution < -0.4 is 0 Å². The first-order valence-electron chi connectivity index (χ1n) is 5.04. The third-order valence-electron chi connectivity index (χ3n) is 2.31. The zero-order valence-corrected chi connectivity index (χ0v) is 11.4. The third-order valence-corrected chi connectivity index (χ3v) is 3.13. The van der Waals surface area contributed by atoms with Crippen molar-refractivity contribution in [1.29, 1.82) is 0 Å². The van der Waals surface area contributed by atoms with Crippen LogP contribution in [0.4, 0.5) is 4.39 Å². The van der Waals surface area contributed by atoms with Crippen LogP contribution in [-0.4, -0.2) is 15.0 Å². The van der Waals surface area contributed by atoms with Crippen molar-refractivity contribution < 1.29 is 4.39 Å². The summed E-state index contributed by atoms with van der Waals surface area (Å²) in [5, 5.41) is 8.39. The Bertz CT molecular complexity index is 527. The van der Waals surface area contributed by atoms with Gasteiger partial charge in [-0.2, -0.15) is 0 Å². The smallest absolute Gasteiger partial charge is 0.124 e. The van der Waals surface area contributed by atoms with E-state index in [1.165, 1.54) is 12.1 Å². The minimum atomic E-state index is -0.341. The van der Waals surface area contributed by atoms with Crippen molar-refractivity contribution in [2.24, 2.45) is 0 Å². The van der Waals surface area contributed by atoms with Crippen LogP contribution in [0.1, 0.15) is 23.0 Å². The van der Waals surface area contributed by atoms with Crippen molar-refractivity contribution in [3.8, 4) is 0 Å². The monoisotopic (exact) mass is 317 g/mol. The summed E-state index contributed by atoms with van der Waals surface area (Å²) >= 11 is 9.35. The van der Waals surface area contributed by atoms with Crippen molar-refractivity contribution in [2.45, 2.75) is 18.3 Å². The van der Waals surface area contributed by atoms with Gasteiger partial charge in [0.05, 0.1) is 17.1 Å². The van der Waals surface area contributed by atoms with Gasteiger partial charge in [0, 0.05) is 11.2 Å². The molecule has 17 heavy (non-hydrogen) atoms. The van der Waals surface area contributed by atoms with Crippen LogP contribution in [-0.2, 0) is 6.54 Å². The van der Waals surface area contributed by atoms with Gasteiger partial charge in [-0.1, -0.05) is 38.8 Å². The lowest BCUT2D eigenvalue weighted by Crippen LogP contribution is -2.01. The molecule has 0 aliphatic rings. The van der Waals surface area contributed by atoms with Gasteiger partial charge in [0.15, 0.2) is 0 Å². The summed E-state index contributed by atoms with van der Waals surface area (Å²) in [6.45, 7) is 2.45. The standard InChI is InChI=1S/C11H10BrClFN3/c1-7(12)11-6-17(16-15-11)5-8-2-3-9(14)4-10(8)13/h2-4,6-7H,5H2,1H3. The van der Waals surface area contributed by atoms with E-state index in [1.54, 1.807) is 10.7 Å². The Morgan fingerprint density at radius 3 is 2.88 bits per heavy atom. The van der Waals surface area contributed by atoms with E-state index >= 15 is 0 Å². The zero-order valence-electron chi connectivity index (χ0n) is 9.07. The van der Waals surface area contributed by atoms with Gasteiger partial charge in [0.2, 0.25) is 0 Å². The fraction of sp³-hybridized carbons (Fsp3) is 0.273. The van der Waals surface area contributed by atoms with Crippen molar-refractivity contribution in [3.05, 3.63) is 46.5 Å². The molecule has 1 aromatic carbocycles. The second kappa shape index (κ2) is 5.14. The average molecular weight is 319 g/mol. The number of alkyl halides is 1. The van der Waals surface area contributed by atoms with Crippen LogP contribution in [0.25, 0.3) is 0 Å². The van der Waals surface area contributed by atoms with Gasteiger partial charge in [-0.15, -0.1) is 5.10 Å². The fourth-order valence-electron chi connectivity index (χ4n) is 1.40. The van der Waals surface area contributed by atoms with E-state index in [1.807, 2.05) is 13.1 Å². The van der Waals surface area contributed by atoms with Crippen molar-refractivity contribution in [2.75, 3.05) is 0 Å². The molecule has 0 saturated heterocycles. The highest BCUT2D eigenvalue weighted by atomic mass is 79.9. The molecule has 0 aliphatic carbocycles. The molecule has 2 rings (SSSR count). The first-order chi connectivity index (χ1) is 8.06. The Balaban J connectivity index is 2.19. The molecule has 0 spiro atoms. The second-order valence-electron chi connectivity index (χ2n) is 3.69. The summed E-state index contributed by atoms with van der Waals surface area (Å²) in [4.78, 5) is 0.153. The molecule has 0 N–H and O–H groups in total. The molecule has 1 atom stereocenters. The third kappa shape index (κ3) is 3.04. The molecule has 0 saturated carbocycles. The fourth-order valence-corrected chi connectivity index (χ4v) is 1.83. The van der Waals surface area contributed by atoms with Gasteiger partial charge in [0.25, 0.3) is 0 Å². The minimum absolute atomic E-state index is 0.153. The summed E-state index contributed by atoms with van der Waals surface area (Å²) in [7, 11) is 0. The average Bonchev–Trinajstić information content (AvgIpc) is 2.71. The number of rotatable bonds is 3. The lowest BCUT2D eigenvalue weighted by atomic mass is 10.2. The quantitative estimate of drug-likeness (QED) is 0.810. The molecule has 1 unspecified atom stereocenters. The molecule has 1 heterocycles. The molecule has 0 bridgehead atoms. The topological polar surface area (TPSA) is 30.7 Å². The molecular formula is C11H10BrClFN3. The highest BCUT2D eigenvalue weighted by Gasteiger charge is 2.08. The summed E-state index contributed by atoms with van der Waals surface area (Å²) in [5.41, 5.74) is 1.66. The van der Waals surface area contributed by atoms with Crippen LogP contribution in [0.3, 0.4) is 0 Å². The molecule has 6 heteroatoms. The molecule has 2 aromatic rings. The Labute approximate surface area is 112 Å². The van der Waals surface area contributed by atoms with Crippen LogP contribution in [0, 0.1) is 5.82 Å². The van der Waals surface area contributed by atoms with Crippen LogP contribution in [0.2, 0.25) is 5.02 Å². The summed E-state index contributed by atoms with van der Waals surface area (Å²) < 4.78 is 14.5. The van der Waals surface area contributed by atoms with Crippen molar-refractivity contribution in [1.82, 2.24) is 15.0 Å². The number of halogens is 3. The summed E-state index contributed by atoms with van der Waals surface area (Å²) in [5.74, 6) is -0.341. The van der Waals surface area contributed by atoms with E-state index in [0.29, 0.717) is 11.6 Å². The number of nitrogens with zero attached hydrogens (tertiary/aromatic N) is 3. The lowest BCUT2D eigenvalue weighted by molar-refractivity contribution is 0.621.